The zero-order valence-corrected chi connectivity index (χ0v) is 18.8. The van der Waals surface area contributed by atoms with Gasteiger partial charge in [-0.1, -0.05) is 31.7 Å². The summed E-state index contributed by atoms with van der Waals surface area (Å²) in [4.78, 5) is 4.61. The first-order valence-electron chi connectivity index (χ1n) is 11.2. The first-order chi connectivity index (χ1) is 16.3. The van der Waals surface area contributed by atoms with E-state index in [1.165, 1.54) is 24.3 Å². The highest BCUT2D eigenvalue weighted by molar-refractivity contribution is 6.05. The molecule has 4 rings (SSSR count). The van der Waals surface area contributed by atoms with E-state index in [-0.39, 0.29) is 5.56 Å². The average Bonchev–Trinajstić information content (AvgIpc) is 2.82. The lowest BCUT2D eigenvalue weighted by Crippen LogP contribution is -2.42. The zero-order valence-electron chi connectivity index (χ0n) is 18.8. The van der Waals surface area contributed by atoms with Crippen LogP contribution in [0.3, 0.4) is 0 Å². The second kappa shape index (κ2) is 9.89. The molecular weight excluding hydrogens is 446 g/mol. The van der Waals surface area contributed by atoms with E-state index < -0.39 is 23.7 Å². The molecule has 1 unspecified atom stereocenters. The summed E-state index contributed by atoms with van der Waals surface area (Å²) in [5, 5.41) is 12.9. The number of hydrogen-bond donors (Lipinski definition) is 4. The minimum absolute atomic E-state index is 0.0426. The lowest BCUT2D eigenvalue weighted by atomic mass is 9.99. The number of halogens is 4. The van der Waals surface area contributed by atoms with Crippen molar-refractivity contribution in [3.8, 4) is 0 Å². The van der Waals surface area contributed by atoms with Crippen LogP contribution >= 0.6 is 0 Å². The van der Waals surface area contributed by atoms with Crippen LogP contribution in [0.5, 0.6) is 0 Å². The SMILES string of the molecule is C=C(NC1=NC(c2ccccc2C(F)(F)F)NC2=C1CNCC2)c1cc(F)ccc1NCCC. The number of rotatable bonds is 6. The van der Waals surface area contributed by atoms with Gasteiger partial charge < -0.3 is 21.3 Å². The summed E-state index contributed by atoms with van der Waals surface area (Å²) in [6.45, 7) is 8.00. The average molecular weight is 474 g/mol. The number of nitrogens with one attached hydrogen (secondary N) is 4. The van der Waals surface area contributed by atoms with Crippen molar-refractivity contribution in [1.29, 1.82) is 0 Å². The molecule has 2 aliphatic heterocycles. The molecule has 0 aliphatic carbocycles. The largest absolute Gasteiger partial charge is 0.416 e. The highest BCUT2D eigenvalue weighted by atomic mass is 19.4. The summed E-state index contributed by atoms with van der Waals surface area (Å²) in [5.74, 6) is 0.00194. The Labute approximate surface area is 196 Å². The lowest BCUT2D eigenvalue weighted by Gasteiger charge is -2.33. The van der Waals surface area contributed by atoms with E-state index in [1.54, 1.807) is 12.1 Å². The van der Waals surface area contributed by atoms with Crippen molar-refractivity contribution >= 4 is 17.2 Å². The molecule has 2 aromatic carbocycles. The predicted octanol–water partition coefficient (Wildman–Crippen LogP) is 5.17. The molecule has 0 saturated carbocycles. The van der Waals surface area contributed by atoms with Gasteiger partial charge in [-0.2, -0.15) is 13.2 Å². The fourth-order valence-electron chi connectivity index (χ4n) is 4.11. The molecule has 180 valence electrons. The van der Waals surface area contributed by atoms with Crippen LogP contribution in [-0.2, 0) is 6.18 Å². The van der Waals surface area contributed by atoms with Crippen molar-refractivity contribution in [3.63, 3.8) is 0 Å². The van der Waals surface area contributed by atoms with Gasteiger partial charge in [0.25, 0.3) is 0 Å². The van der Waals surface area contributed by atoms with Gasteiger partial charge in [-0.3, -0.25) is 0 Å². The number of anilines is 1. The Kier molecular flexibility index (Phi) is 6.92. The van der Waals surface area contributed by atoms with Crippen LogP contribution in [0.1, 0.15) is 42.6 Å². The van der Waals surface area contributed by atoms with Crippen LogP contribution in [-0.4, -0.2) is 25.5 Å². The van der Waals surface area contributed by atoms with Gasteiger partial charge in [0.15, 0.2) is 0 Å². The third-order valence-electron chi connectivity index (χ3n) is 5.78. The van der Waals surface area contributed by atoms with Gasteiger partial charge in [0.05, 0.1) is 5.56 Å². The van der Waals surface area contributed by atoms with E-state index in [0.29, 0.717) is 48.8 Å². The van der Waals surface area contributed by atoms with E-state index in [9.17, 15) is 17.6 Å². The molecule has 0 radical (unpaired) electrons. The van der Waals surface area contributed by atoms with Crippen molar-refractivity contribution in [2.45, 2.75) is 32.1 Å². The highest BCUT2D eigenvalue weighted by Crippen LogP contribution is 2.37. The third kappa shape index (κ3) is 5.09. The van der Waals surface area contributed by atoms with Crippen LogP contribution in [0.15, 0.2) is 65.3 Å². The summed E-state index contributed by atoms with van der Waals surface area (Å²) in [6, 6.07) is 9.81. The molecule has 0 fully saturated rings. The van der Waals surface area contributed by atoms with E-state index >= 15 is 0 Å². The fourth-order valence-corrected chi connectivity index (χ4v) is 4.11. The van der Waals surface area contributed by atoms with Crippen LogP contribution in [0.25, 0.3) is 5.70 Å². The highest BCUT2D eigenvalue weighted by Gasteiger charge is 2.36. The number of amidine groups is 1. The van der Waals surface area contributed by atoms with Crippen molar-refractivity contribution in [3.05, 3.63) is 82.8 Å². The molecule has 9 heteroatoms. The molecule has 2 aromatic rings. The number of alkyl halides is 3. The minimum Gasteiger partial charge on any atom is -0.385 e. The standard InChI is InChI=1S/C25H27F4N5/c1-3-11-31-21-9-8-16(26)13-18(21)15(2)32-24-19-14-30-12-10-22(19)33-23(34-24)17-6-4-5-7-20(17)25(27,28)29/h4-9,13,23,30-31,33H,2-3,10-12,14H2,1H3,(H,32,34). The van der Waals surface area contributed by atoms with Crippen molar-refractivity contribution < 1.29 is 17.6 Å². The second-order valence-corrected chi connectivity index (χ2v) is 8.21. The van der Waals surface area contributed by atoms with Crippen LogP contribution in [0, 0.1) is 5.82 Å². The molecule has 4 N–H and O–H groups in total. The normalized spacial score (nSPS) is 18.0. The molecule has 34 heavy (non-hydrogen) atoms. The predicted molar refractivity (Wildman–Crippen MR) is 127 cm³/mol. The van der Waals surface area contributed by atoms with E-state index in [0.717, 1.165) is 23.8 Å². The van der Waals surface area contributed by atoms with Crippen LogP contribution in [0.4, 0.5) is 23.2 Å². The first kappa shape index (κ1) is 23.8. The third-order valence-corrected chi connectivity index (χ3v) is 5.78. The first-order valence-corrected chi connectivity index (χ1v) is 11.2. The molecule has 2 aliphatic rings. The van der Waals surface area contributed by atoms with Crippen LogP contribution in [0.2, 0.25) is 0 Å². The topological polar surface area (TPSA) is 60.5 Å². The molecule has 5 nitrogen and oxygen atoms in total. The second-order valence-electron chi connectivity index (χ2n) is 8.21. The summed E-state index contributed by atoms with van der Waals surface area (Å²) in [5.41, 5.74) is 2.61. The van der Waals surface area contributed by atoms with Gasteiger partial charge in [0, 0.05) is 59.8 Å². The molecule has 0 bridgehead atoms. The molecule has 0 spiro atoms. The molecule has 0 amide bonds. The van der Waals surface area contributed by atoms with Gasteiger partial charge in [-0.25, -0.2) is 9.38 Å². The number of aliphatic imine (C=N–C) groups is 1. The van der Waals surface area contributed by atoms with Crippen molar-refractivity contribution in [1.82, 2.24) is 16.0 Å². The van der Waals surface area contributed by atoms with Crippen molar-refractivity contribution in [2.24, 2.45) is 4.99 Å². The smallest absolute Gasteiger partial charge is 0.385 e. The maximum Gasteiger partial charge on any atom is 0.416 e. The van der Waals surface area contributed by atoms with Crippen LogP contribution < -0.4 is 21.3 Å². The van der Waals surface area contributed by atoms with Gasteiger partial charge in [0.1, 0.15) is 17.8 Å². The molecule has 0 saturated heterocycles. The molecule has 1 atom stereocenters. The Balaban J connectivity index is 1.70. The number of benzene rings is 2. The summed E-state index contributed by atoms with van der Waals surface area (Å²) in [7, 11) is 0. The summed E-state index contributed by atoms with van der Waals surface area (Å²) < 4.78 is 55.1. The Bertz CT molecular complexity index is 1140. The molecular formula is C25H27F4N5. The monoisotopic (exact) mass is 473 g/mol. The van der Waals surface area contributed by atoms with E-state index in [1.807, 2.05) is 6.92 Å². The summed E-state index contributed by atoms with van der Waals surface area (Å²) >= 11 is 0. The Hall–Kier alpha value is -3.33. The molecule has 2 heterocycles. The van der Waals surface area contributed by atoms with Gasteiger partial charge in [0.2, 0.25) is 0 Å². The number of nitrogens with zero attached hydrogens (tertiary/aromatic N) is 1. The van der Waals surface area contributed by atoms with E-state index in [4.69, 9.17) is 0 Å². The number of hydrogen-bond acceptors (Lipinski definition) is 5. The van der Waals surface area contributed by atoms with Gasteiger partial charge in [-0.15, -0.1) is 0 Å². The molecule has 0 aromatic heterocycles. The maximum atomic E-state index is 14.1. The fraction of sp³-hybridized carbons (Fsp3) is 0.320. The van der Waals surface area contributed by atoms with Crippen molar-refractivity contribution in [2.75, 3.05) is 25.0 Å². The van der Waals surface area contributed by atoms with Gasteiger partial charge in [-0.05, 0) is 30.7 Å². The van der Waals surface area contributed by atoms with E-state index in [2.05, 4.69) is 32.8 Å². The Morgan fingerprint density at radius 3 is 2.76 bits per heavy atom. The summed E-state index contributed by atoms with van der Waals surface area (Å²) in [6.07, 6.45) is -3.92. The zero-order chi connectivity index (χ0) is 24.3. The van der Waals surface area contributed by atoms with Gasteiger partial charge >= 0.3 is 6.18 Å². The maximum absolute atomic E-state index is 14.1. The Morgan fingerprint density at radius 1 is 1.21 bits per heavy atom. The minimum atomic E-state index is -4.50. The quantitative estimate of drug-likeness (QED) is 0.437. The lowest BCUT2D eigenvalue weighted by molar-refractivity contribution is -0.138. The Morgan fingerprint density at radius 2 is 2.00 bits per heavy atom.